The molecule has 4 aromatic rings. The number of pyridine rings is 2. The van der Waals surface area contributed by atoms with Gasteiger partial charge in [0.25, 0.3) is 0 Å². The van der Waals surface area contributed by atoms with Crippen LogP contribution in [0.2, 0.25) is 0 Å². The number of aromatic nitrogens is 2. The molecule has 0 bridgehead atoms. The number of fused-ring (bicyclic) bond motifs is 1. The topological polar surface area (TPSA) is 25.8 Å². The Morgan fingerprint density at radius 2 is 1.26 bits per heavy atom. The van der Waals surface area contributed by atoms with Gasteiger partial charge in [0, 0.05) is 22.7 Å². The van der Waals surface area contributed by atoms with Gasteiger partial charge in [0.15, 0.2) is 0 Å². The van der Waals surface area contributed by atoms with E-state index >= 15 is 0 Å². The molecule has 2 heteroatoms. The third kappa shape index (κ3) is 2.38. The largest absolute Gasteiger partial charge is 0.254 e. The van der Waals surface area contributed by atoms with Crippen LogP contribution in [0, 0.1) is 6.92 Å². The first-order valence-electron chi connectivity index (χ1n) is 7.71. The molecule has 2 heterocycles. The molecule has 2 aromatic heterocycles. The summed E-state index contributed by atoms with van der Waals surface area (Å²) in [5.41, 5.74) is 6.30. The molecule has 2 aromatic carbocycles. The molecule has 23 heavy (non-hydrogen) atoms. The van der Waals surface area contributed by atoms with Crippen LogP contribution in [0.15, 0.2) is 79.0 Å². The van der Waals surface area contributed by atoms with E-state index in [2.05, 4.69) is 42.2 Å². The van der Waals surface area contributed by atoms with E-state index in [4.69, 9.17) is 4.98 Å². The van der Waals surface area contributed by atoms with Crippen molar-refractivity contribution < 1.29 is 0 Å². The third-order valence-electron chi connectivity index (χ3n) is 4.11. The molecule has 0 radical (unpaired) electrons. The predicted octanol–water partition coefficient (Wildman–Crippen LogP) is 5.27. The number of hydrogen-bond donors (Lipinski definition) is 0. The standard InChI is InChI=1S/C21H16N2/c1-15-18-13-8-14-22-21(18)20(17-11-6-3-7-12-17)23-19(15)16-9-4-2-5-10-16/h2-14H,1H3. The first-order valence-corrected chi connectivity index (χ1v) is 7.71. The zero-order chi connectivity index (χ0) is 15.6. The second-order valence-electron chi connectivity index (χ2n) is 5.57. The molecule has 0 unspecified atom stereocenters. The van der Waals surface area contributed by atoms with Gasteiger partial charge in [-0.3, -0.25) is 4.98 Å². The highest BCUT2D eigenvalue weighted by Crippen LogP contribution is 2.33. The Balaban J connectivity index is 2.08. The molecule has 0 saturated heterocycles. The van der Waals surface area contributed by atoms with Crippen LogP contribution in [0.4, 0.5) is 0 Å². The van der Waals surface area contributed by atoms with E-state index in [1.54, 1.807) is 0 Å². The Kier molecular flexibility index (Phi) is 3.35. The SMILES string of the molecule is Cc1c(-c2ccccc2)nc(-c2ccccc2)c2ncccc12. The second kappa shape index (κ2) is 5.65. The Bertz CT molecular complexity index is 961. The summed E-state index contributed by atoms with van der Waals surface area (Å²) in [5, 5.41) is 1.15. The lowest BCUT2D eigenvalue weighted by atomic mass is 9.99. The van der Waals surface area contributed by atoms with Gasteiger partial charge in [-0.25, -0.2) is 4.98 Å². The van der Waals surface area contributed by atoms with Gasteiger partial charge in [0.2, 0.25) is 0 Å². The van der Waals surface area contributed by atoms with E-state index < -0.39 is 0 Å². The zero-order valence-corrected chi connectivity index (χ0v) is 12.9. The van der Waals surface area contributed by atoms with Gasteiger partial charge in [0.1, 0.15) is 0 Å². The molecule has 0 aliphatic heterocycles. The van der Waals surface area contributed by atoms with Gasteiger partial charge in [-0.2, -0.15) is 0 Å². The number of nitrogens with zero attached hydrogens (tertiary/aromatic N) is 2. The van der Waals surface area contributed by atoms with Gasteiger partial charge < -0.3 is 0 Å². The van der Waals surface area contributed by atoms with E-state index in [1.165, 1.54) is 5.56 Å². The van der Waals surface area contributed by atoms with Gasteiger partial charge in [-0.1, -0.05) is 66.7 Å². The van der Waals surface area contributed by atoms with Crippen LogP contribution < -0.4 is 0 Å². The zero-order valence-electron chi connectivity index (χ0n) is 12.9. The second-order valence-corrected chi connectivity index (χ2v) is 5.57. The summed E-state index contributed by atoms with van der Waals surface area (Å²) in [6, 6.07) is 24.7. The molecule has 0 fully saturated rings. The van der Waals surface area contributed by atoms with Crippen molar-refractivity contribution in [2.24, 2.45) is 0 Å². The van der Waals surface area contributed by atoms with Crippen LogP contribution in [0.5, 0.6) is 0 Å². The van der Waals surface area contributed by atoms with E-state index in [9.17, 15) is 0 Å². The van der Waals surface area contributed by atoms with Gasteiger partial charge in [0.05, 0.1) is 16.9 Å². The smallest absolute Gasteiger partial charge is 0.0972 e. The lowest BCUT2D eigenvalue weighted by molar-refractivity contribution is 1.27. The van der Waals surface area contributed by atoms with Crippen LogP contribution in [0.1, 0.15) is 5.56 Å². The summed E-state index contributed by atoms with van der Waals surface area (Å²) in [4.78, 5) is 9.57. The maximum atomic E-state index is 4.98. The van der Waals surface area contributed by atoms with Crippen LogP contribution in [0.3, 0.4) is 0 Å². The number of benzene rings is 2. The first kappa shape index (κ1) is 13.6. The third-order valence-corrected chi connectivity index (χ3v) is 4.11. The lowest BCUT2D eigenvalue weighted by Gasteiger charge is -2.13. The summed E-state index contributed by atoms with van der Waals surface area (Å²) in [6.07, 6.45) is 1.83. The van der Waals surface area contributed by atoms with Crippen LogP contribution in [0.25, 0.3) is 33.4 Å². The van der Waals surface area contributed by atoms with Crippen molar-refractivity contribution in [2.75, 3.05) is 0 Å². The quantitative estimate of drug-likeness (QED) is 0.503. The van der Waals surface area contributed by atoms with E-state index in [0.29, 0.717) is 0 Å². The molecule has 0 N–H and O–H groups in total. The summed E-state index contributed by atoms with van der Waals surface area (Å²) < 4.78 is 0. The summed E-state index contributed by atoms with van der Waals surface area (Å²) >= 11 is 0. The van der Waals surface area contributed by atoms with Crippen molar-refractivity contribution in [3.8, 4) is 22.5 Å². The van der Waals surface area contributed by atoms with Gasteiger partial charge in [-0.15, -0.1) is 0 Å². The highest BCUT2D eigenvalue weighted by molar-refractivity contribution is 5.96. The number of aryl methyl sites for hydroxylation is 1. The summed E-state index contributed by atoms with van der Waals surface area (Å²) in [7, 11) is 0. The summed E-state index contributed by atoms with van der Waals surface area (Å²) in [5.74, 6) is 0. The molecule has 0 saturated carbocycles. The van der Waals surface area contributed by atoms with Crippen molar-refractivity contribution in [3.05, 3.63) is 84.6 Å². The van der Waals surface area contributed by atoms with Gasteiger partial charge in [-0.05, 0) is 18.6 Å². The average Bonchev–Trinajstić information content (AvgIpc) is 2.64. The number of hydrogen-bond acceptors (Lipinski definition) is 2. The average molecular weight is 296 g/mol. The summed E-state index contributed by atoms with van der Waals surface area (Å²) in [6.45, 7) is 2.12. The van der Waals surface area contributed by atoms with Crippen LogP contribution in [-0.2, 0) is 0 Å². The van der Waals surface area contributed by atoms with Crippen molar-refractivity contribution in [1.29, 1.82) is 0 Å². The van der Waals surface area contributed by atoms with Crippen molar-refractivity contribution >= 4 is 10.9 Å². The first-order chi connectivity index (χ1) is 11.3. The molecular weight excluding hydrogens is 280 g/mol. The normalized spacial score (nSPS) is 10.8. The fourth-order valence-corrected chi connectivity index (χ4v) is 2.95. The lowest BCUT2D eigenvalue weighted by Crippen LogP contribution is -1.96. The monoisotopic (exact) mass is 296 g/mol. The van der Waals surface area contributed by atoms with Crippen LogP contribution in [-0.4, -0.2) is 9.97 Å². The molecule has 0 aliphatic carbocycles. The van der Waals surface area contributed by atoms with E-state index in [-0.39, 0.29) is 0 Å². The maximum Gasteiger partial charge on any atom is 0.0972 e. The molecule has 0 amide bonds. The fraction of sp³-hybridized carbons (Fsp3) is 0.0476. The van der Waals surface area contributed by atoms with E-state index in [0.717, 1.165) is 33.4 Å². The maximum absolute atomic E-state index is 4.98. The Morgan fingerprint density at radius 3 is 1.91 bits per heavy atom. The minimum absolute atomic E-state index is 0.936. The Morgan fingerprint density at radius 1 is 0.652 bits per heavy atom. The molecule has 2 nitrogen and oxygen atoms in total. The molecule has 0 spiro atoms. The number of rotatable bonds is 2. The van der Waals surface area contributed by atoms with E-state index in [1.807, 2.05) is 48.7 Å². The molecular formula is C21H16N2. The molecule has 0 aliphatic rings. The van der Waals surface area contributed by atoms with Crippen LogP contribution >= 0.6 is 0 Å². The van der Waals surface area contributed by atoms with Crippen molar-refractivity contribution in [2.45, 2.75) is 6.92 Å². The molecule has 4 rings (SSSR count). The van der Waals surface area contributed by atoms with Crippen molar-refractivity contribution in [1.82, 2.24) is 9.97 Å². The predicted molar refractivity (Wildman–Crippen MR) is 95.1 cm³/mol. The van der Waals surface area contributed by atoms with Crippen molar-refractivity contribution in [3.63, 3.8) is 0 Å². The highest BCUT2D eigenvalue weighted by atomic mass is 14.8. The van der Waals surface area contributed by atoms with Gasteiger partial charge >= 0.3 is 0 Å². The molecule has 0 atom stereocenters. The Labute approximate surface area is 135 Å². The molecule has 110 valence electrons. The fourth-order valence-electron chi connectivity index (χ4n) is 2.95. The Hall–Kier alpha value is -3.00. The minimum atomic E-state index is 0.936. The minimum Gasteiger partial charge on any atom is -0.254 e. The highest BCUT2D eigenvalue weighted by Gasteiger charge is 2.14.